The Morgan fingerprint density at radius 3 is 2.78 bits per heavy atom. The lowest BCUT2D eigenvalue weighted by atomic mass is 10.2. The van der Waals surface area contributed by atoms with Gasteiger partial charge in [-0.1, -0.05) is 11.6 Å². The predicted octanol–water partition coefficient (Wildman–Crippen LogP) is 2.21. The van der Waals surface area contributed by atoms with Gasteiger partial charge in [0, 0.05) is 6.07 Å². The van der Waals surface area contributed by atoms with E-state index in [2.05, 4.69) is 5.32 Å². The number of rotatable bonds is 1. The number of hydrogen-bond donors (Lipinski definition) is 2. The Morgan fingerprint density at radius 2 is 2.11 bits per heavy atom. The van der Waals surface area contributed by atoms with E-state index in [4.69, 9.17) is 26.5 Å². The molecule has 0 saturated carbocycles. The maximum absolute atomic E-state index is 11.5. The summed E-state index contributed by atoms with van der Waals surface area (Å²) >= 11 is 7.16. The van der Waals surface area contributed by atoms with Crippen molar-refractivity contribution in [1.29, 1.82) is 5.41 Å². The summed E-state index contributed by atoms with van der Waals surface area (Å²) in [6.07, 6.45) is 1.63. The number of amidine groups is 1. The number of amides is 1. The van der Waals surface area contributed by atoms with E-state index in [0.29, 0.717) is 27.0 Å². The highest BCUT2D eigenvalue weighted by Gasteiger charge is 2.23. The summed E-state index contributed by atoms with van der Waals surface area (Å²) in [6.45, 7) is 0.172. The molecule has 0 unspecified atom stereocenters. The third kappa shape index (κ3) is 1.93. The van der Waals surface area contributed by atoms with Gasteiger partial charge in [-0.2, -0.15) is 0 Å². The van der Waals surface area contributed by atoms with E-state index in [0.717, 1.165) is 11.8 Å². The third-order valence-corrected chi connectivity index (χ3v) is 3.60. The van der Waals surface area contributed by atoms with Crippen LogP contribution in [0.5, 0.6) is 11.5 Å². The smallest absolute Gasteiger partial charge is 0.264 e. The number of carbonyl (C=O) groups excluding carboxylic acids is 1. The largest absolute Gasteiger partial charge is 0.454 e. The van der Waals surface area contributed by atoms with Gasteiger partial charge >= 0.3 is 0 Å². The van der Waals surface area contributed by atoms with Crippen LogP contribution in [0.3, 0.4) is 0 Å². The van der Waals surface area contributed by atoms with E-state index >= 15 is 0 Å². The molecule has 7 heteroatoms. The normalized spacial score (nSPS) is 19.5. The average molecular weight is 283 g/mol. The molecular formula is C11H7ClN2O3S. The fraction of sp³-hybridized carbons (Fsp3) is 0.0909. The molecule has 1 saturated heterocycles. The number of carbonyl (C=O) groups is 1. The second-order valence-corrected chi connectivity index (χ2v) is 5.08. The summed E-state index contributed by atoms with van der Waals surface area (Å²) in [6, 6.07) is 3.37. The van der Waals surface area contributed by atoms with Gasteiger partial charge in [0.2, 0.25) is 6.79 Å². The van der Waals surface area contributed by atoms with E-state index in [1.807, 2.05) is 0 Å². The zero-order valence-corrected chi connectivity index (χ0v) is 10.5. The lowest BCUT2D eigenvalue weighted by molar-refractivity contribution is -0.115. The Morgan fingerprint density at radius 1 is 1.39 bits per heavy atom. The molecule has 2 aliphatic rings. The summed E-state index contributed by atoms with van der Waals surface area (Å²) in [5.41, 5.74) is 0.660. The summed E-state index contributed by atoms with van der Waals surface area (Å²) in [7, 11) is 0. The molecule has 0 aliphatic carbocycles. The Labute approximate surface area is 112 Å². The summed E-state index contributed by atoms with van der Waals surface area (Å²) in [4.78, 5) is 11.9. The molecule has 3 rings (SSSR count). The third-order valence-electron chi connectivity index (χ3n) is 2.44. The van der Waals surface area contributed by atoms with Crippen molar-refractivity contribution in [1.82, 2.24) is 5.32 Å². The van der Waals surface area contributed by atoms with Crippen LogP contribution in [-0.2, 0) is 4.79 Å². The van der Waals surface area contributed by atoms with Gasteiger partial charge in [0.25, 0.3) is 5.91 Å². The lowest BCUT2D eigenvalue weighted by Gasteiger charge is -2.02. The summed E-state index contributed by atoms with van der Waals surface area (Å²) in [5, 5.41) is 10.3. The van der Waals surface area contributed by atoms with Crippen LogP contribution >= 0.6 is 23.4 Å². The lowest BCUT2D eigenvalue weighted by Crippen LogP contribution is -2.18. The first-order valence-electron chi connectivity index (χ1n) is 5.02. The molecule has 1 fully saturated rings. The number of ether oxygens (including phenoxy) is 2. The molecule has 1 aromatic rings. The minimum absolute atomic E-state index is 0.114. The van der Waals surface area contributed by atoms with Crippen LogP contribution in [0.1, 0.15) is 5.56 Å². The van der Waals surface area contributed by atoms with E-state index in [1.165, 1.54) is 0 Å². The van der Waals surface area contributed by atoms with Crippen molar-refractivity contribution >= 4 is 40.5 Å². The van der Waals surface area contributed by atoms with E-state index in [9.17, 15) is 4.79 Å². The van der Waals surface area contributed by atoms with E-state index < -0.39 is 0 Å². The molecule has 0 spiro atoms. The van der Waals surface area contributed by atoms with Crippen LogP contribution in [0.4, 0.5) is 0 Å². The Hall–Kier alpha value is -1.66. The molecule has 2 N–H and O–H groups in total. The molecule has 1 aromatic carbocycles. The number of thioether (sulfide) groups is 1. The molecule has 1 amide bonds. The average Bonchev–Trinajstić information content (AvgIpc) is 2.86. The Kier molecular flexibility index (Phi) is 2.68. The number of halogens is 1. The van der Waals surface area contributed by atoms with Crippen molar-refractivity contribution in [2.75, 3.05) is 6.79 Å². The molecule has 5 nitrogen and oxygen atoms in total. The molecule has 0 atom stereocenters. The fourth-order valence-electron chi connectivity index (χ4n) is 1.63. The predicted molar refractivity (Wildman–Crippen MR) is 69.0 cm³/mol. The van der Waals surface area contributed by atoms with Crippen LogP contribution in [0.15, 0.2) is 17.0 Å². The number of fused-ring (bicyclic) bond motifs is 1. The van der Waals surface area contributed by atoms with E-state index in [-0.39, 0.29) is 17.9 Å². The SMILES string of the molecule is N=C1NC(=O)/C(=C\c2cc3c(cc2Cl)OCO3)S1. The van der Waals surface area contributed by atoms with Crippen LogP contribution in [0, 0.1) is 5.41 Å². The van der Waals surface area contributed by atoms with Crippen molar-refractivity contribution in [3.05, 3.63) is 27.6 Å². The molecule has 2 heterocycles. The van der Waals surface area contributed by atoms with Gasteiger partial charge in [0.05, 0.1) is 9.93 Å². The van der Waals surface area contributed by atoms with Crippen LogP contribution in [-0.4, -0.2) is 17.9 Å². The monoisotopic (exact) mass is 282 g/mol. The van der Waals surface area contributed by atoms with E-state index in [1.54, 1.807) is 18.2 Å². The maximum atomic E-state index is 11.5. The minimum Gasteiger partial charge on any atom is -0.454 e. The number of hydrogen-bond acceptors (Lipinski definition) is 5. The second kappa shape index (κ2) is 4.22. The Balaban J connectivity index is 2.00. The fourth-order valence-corrected chi connectivity index (χ4v) is 2.53. The van der Waals surface area contributed by atoms with Gasteiger partial charge < -0.3 is 14.8 Å². The number of nitrogens with one attached hydrogen (secondary N) is 2. The topological polar surface area (TPSA) is 71.4 Å². The highest BCUT2D eigenvalue weighted by Crippen LogP contribution is 2.38. The second-order valence-electron chi connectivity index (χ2n) is 3.62. The Bertz CT molecular complexity index is 600. The van der Waals surface area contributed by atoms with Crippen molar-refractivity contribution in [2.24, 2.45) is 0 Å². The summed E-state index contributed by atoms with van der Waals surface area (Å²) < 4.78 is 10.4. The summed E-state index contributed by atoms with van der Waals surface area (Å²) in [5.74, 6) is 0.905. The zero-order chi connectivity index (χ0) is 12.7. The number of benzene rings is 1. The van der Waals surface area contributed by atoms with Crippen molar-refractivity contribution in [3.8, 4) is 11.5 Å². The quantitative estimate of drug-likeness (QED) is 0.775. The zero-order valence-electron chi connectivity index (χ0n) is 8.95. The highest BCUT2D eigenvalue weighted by molar-refractivity contribution is 8.18. The van der Waals surface area contributed by atoms with Crippen molar-refractivity contribution in [2.45, 2.75) is 0 Å². The van der Waals surface area contributed by atoms with Gasteiger partial charge in [-0.15, -0.1) is 0 Å². The van der Waals surface area contributed by atoms with Gasteiger partial charge in [-0.25, -0.2) is 0 Å². The molecule has 0 radical (unpaired) electrons. The first-order chi connectivity index (χ1) is 8.63. The molecule has 0 bridgehead atoms. The van der Waals surface area contributed by atoms with Gasteiger partial charge in [0.15, 0.2) is 16.7 Å². The molecule has 0 aromatic heterocycles. The molecule has 2 aliphatic heterocycles. The van der Waals surface area contributed by atoms with Crippen LogP contribution in [0.25, 0.3) is 6.08 Å². The van der Waals surface area contributed by atoms with Crippen molar-refractivity contribution < 1.29 is 14.3 Å². The van der Waals surface area contributed by atoms with Crippen molar-refractivity contribution in [3.63, 3.8) is 0 Å². The minimum atomic E-state index is -0.293. The maximum Gasteiger partial charge on any atom is 0.264 e. The molecule has 92 valence electrons. The van der Waals surface area contributed by atoms with Gasteiger partial charge in [-0.3, -0.25) is 10.2 Å². The van der Waals surface area contributed by atoms with Crippen LogP contribution in [0.2, 0.25) is 5.02 Å². The van der Waals surface area contributed by atoms with Gasteiger partial charge in [0.1, 0.15) is 0 Å². The molecular weight excluding hydrogens is 276 g/mol. The standard InChI is InChI=1S/C11H7ClN2O3S/c12-6-3-8-7(16-4-17-8)1-5(6)2-9-10(15)14-11(13)18-9/h1-3H,4H2,(H2,13,14,15)/b9-2+. The highest BCUT2D eigenvalue weighted by atomic mass is 35.5. The van der Waals surface area contributed by atoms with Gasteiger partial charge in [-0.05, 0) is 29.5 Å². The first kappa shape index (κ1) is 11.4. The van der Waals surface area contributed by atoms with Crippen LogP contribution < -0.4 is 14.8 Å². The molecule has 18 heavy (non-hydrogen) atoms. The first-order valence-corrected chi connectivity index (χ1v) is 6.21.